The van der Waals surface area contributed by atoms with Crippen molar-refractivity contribution in [1.29, 1.82) is 0 Å². The van der Waals surface area contributed by atoms with Gasteiger partial charge in [-0.05, 0) is 56.8 Å². The minimum atomic E-state index is -0.181. The van der Waals surface area contributed by atoms with Gasteiger partial charge in [0.1, 0.15) is 5.69 Å². The molecular weight excluding hydrogens is 412 g/mol. The number of amides is 1. The highest BCUT2D eigenvalue weighted by atomic mass is 35.5. The summed E-state index contributed by atoms with van der Waals surface area (Å²) in [6.07, 6.45) is 0. The fourth-order valence-corrected chi connectivity index (χ4v) is 4.23. The van der Waals surface area contributed by atoms with Crippen LogP contribution in [0, 0.1) is 6.92 Å². The summed E-state index contributed by atoms with van der Waals surface area (Å²) >= 11 is 6.46. The highest BCUT2D eigenvalue weighted by molar-refractivity contribution is 6.31. The van der Waals surface area contributed by atoms with Gasteiger partial charge in [-0.1, -0.05) is 43.6 Å². The fraction of sp³-hybridized carbons (Fsp3) is 0.375. The van der Waals surface area contributed by atoms with E-state index in [-0.39, 0.29) is 17.5 Å². The molecule has 0 aliphatic carbocycles. The lowest BCUT2D eigenvalue weighted by Gasteiger charge is -2.31. The van der Waals surface area contributed by atoms with E-state index >= 15 is 0 Å². The number of likely N-dealkylation sites (N-methyl/N-ethyl adjacent to an activating group) is 1. The average molecular weight is 441 g/mol. The highest BCUT2D eigenvalue weighted by Gasteiger charge is 2.21. The standard InChI is InChI=1S/C24H29ClN4O2/c1-5-28(6-2)22(18-10-8-9-11-19(18)25)15-26-23(30)17-12-13-21-20(14-17)27-16(4)24(31)29(21)7-3/h8-14,22H,5-7,15H2,1-4H3,(H,26,30)/t22-/m1/s1. The van der Waals surface area contributed by atoms with Crippen molar-refractivity contribution in [3.05, 3.63) is 74.7 Å². The first-order valence-corrected chi connectivity index (χ1v) is 11.1. The van der Waals surface area contributed by atoms with E-state index in [0.717, 1.165) is 24.2 Å². The van der Waals surface area contributed by atoms with Crippen LogP contribution in [0.2, 0.25) is 5.02 Å². The van der Waals surface area contributed by atoms with Gasteiger partial charge in [0.2, 0.25) is 0 Å². The van der Waals surface area contributed by atoms with Crippen LogP contribution >= 0.6 is 11.6 Å². The van der Waals surface area contributed by atoms with E-state index < -0.39 is 0 Å². The SMILES string of the molecule is CCN(CC)[C@H](CNC(=O)c1ccc2c(c1)nc(C)c(=O)n2CC)c1ccccc1Cl. The van der Waals surface area contributed by atoms with Gasteiger partial charge in [-0.15, -0.1) is 0 Å². The van der Waals surface area contributed by atoms with Crippen molar-refractivity contribution < 1.29 is 4.79 Å². The summed E-state index contributed by atoms with van der Waals surface area (Å²) in [6.45, 7) is 10.5. The van der Waals surface area contributed by atoms with Gasteiger partial charge in [-0.25, -0.2) is 4.98 Å². The number of benzene rings is 2. The van der Waals surface area contributed by atoms with Crippen molar-refractivity contribution in [2.75, 3.05) is 19.6 Å². The number of rotatable bonds is 8. The third-order valence-corrected chi connectivity index (χ3v) is 6.00. The zero-order valence-electron chi connectivity index (χ0n) is 18.5. The molecule has 0 aliphatic rings. The van der Waals surface area contributed by atoms with Crippen molar-refractivity contribution in [3.8, 4) is 0 Å². The van der Waals surface area contributed by atoms with Crippen molar-refractivity contribution in [1.82, 2.24) is 19.8 Å². The van der Waals surface area contributed by atoms with Crippen molar-refractivity contribution in [3.63, 3.8) is 0 Å². The first-order valence-electron chi connectivity index (χ1n) is 10.7. The predicted octanol–water partition coefficient (Wildman–Crippen LogP) is 4.19. The molecule has 0 fully saturated rings. The average Bonchev–Trinajstić information content (AvgIpc) is 2.77. The molecule has 0 saturated carbocycles. The topological polar surface area (TPSA) is 67.2 Å². The first-order chi connectivity index (χ1) is 14.9. The van der Waals surface area contributed by atoms with Gasteiger partial charge >= 0.3 is 0 Å². The first kappa shape index (κ1) is 23.0. The molecule has 0 radical (unpaired) electrons. The van der Waals surface area contributed by atoms with Crippen LogP contribution in [-0.4, -0.2) is 40.0 Å². The van der Waals surface area contributed by atoms with Gasteiger partial charge in [0, 0.05) is 23.7 Å². The van der Waals surface area contributed by atoms with Crippen LogP contribution in [0.4, 0.5) is 0 Å². The van der Waals surface area contributed by atoms with E-state index in [9.17, 15) is 9.59 Å². The number of nitrogens with one attached hydrogen (secondary N) is 1. The fourth-order valence-electron chi connectivity index (χ4n) is 3.97. The lowest BCUT2D eigenvalue weighted by Crippen LogP contribution is -2.38. The summed E-state index contributed by atoms with van der Waals surface area (Å²) in [5.41, 5.74) is 3.19. The number of carbonyl (C=O) groups excluding carboxylic acids is 1. The van der Waals surface area contributed by atoms with Crippen LogP contribution < -0.4 is 10.9 Å². The molecule has 1 atom stereocenters. The third kappa shape index (κ3) is 4.81. The van der Waals surface area contributed by atoms with E-state index in [4.69, 9.17) is 11.6 Å². The zero-order valence-corrected chi connectivity index (χ0v) is 19.2. The summed E-state index contributed by atoms with van der Waals surface area (Å²) in [7, 11) is 0. The molecule has 2 aromatic carbocycles. The van der Waals surface area contributed by atoms with Gasteiger partial charge < -0.3 is 9.88 Å². The van der Waals surface area contributed by atoms with Crippen molar-refractivity contribution >= 4 is 28.5 Å². The second-order valence-electron chi connectivity index (χ2n) is 7.42. The monoisotopic (exact) mass is 440 g/mol. The Morgan fingerprint density at radius 3 is 2.52 bits per heavy atom. The van der Waals surface area contributed by atoms with E-state index in [1.54, 1.807) is 29.7 Å². The molecule has 0 aliphatic heterocycles. The van der Waals surface area contributed by atoms with Gasteiger partial charge in [0.05, 0.1) is 17.1 Å². The number of hydrogen-bond donors (Lipinski definition) is 1. The molecule has 0 bridgehead atoms. The molecule has 0 unspecified atom stereocenters. The molecule has 0 spiro atoms. The molecule has 3 rings (SSSR count). The summed E-state index contributed by atoms with van der Waals surface area (Å²) < 4.78 is 1.67. The number of fused-ring (bicyclic) bond motifs is 1. The van der Waals surface area contributed by atoms with Gasteiger partial charge in [-0.2, -0.15) is 0 Å². The van der Waals surface area contributed by atoms with Crippen LogP contribution in [0.5, 0.6) is 0 Å². The number of hydrogen-bond acceptors (Lipinski definition) is 4. The predicted molar refractivity (Wildman–Crippen MR) is 126 cm³/mol. The molecule has 164 valence electrons. The van der Waals surface area contributed by atoms with Gasteiger partial charge in [-0.3, -0.25) is 14.5 Å². The number of halogens is 1. The minimum Gasteiger partial charge on any atom is -0.350 e. The normalized spacial score (nSPS) is 12.3. The van der Waals surface area contributed by atoms with E-state index in [0.29, 0.717) is 34.9 Å². The Balaban J connectivity index is 1.87. The van der Waals surface area contributed by atoms with Crippen molar-refractivity contribution in [2.45, 2.75) is 40.3 Å². The molecule has 1 N–H and O–H groups in total. The maximum atomic E-state index is 13.0. The lowest BCUT2D eigenvalue weighted by atomic mass is 10.0. The Bertz CT molecular complexity index is 1140. The summed E-state index contributed by atoms with van der Waals surface area (Å²) in [5, 5.41) is 3.75. The van der Waals surface area contributed by atoms with Crippen LogP contribution in [0.25, 0.3) is 11.0 Å². The molecule has 1 aromatic heterocycles. The van der Waals surface area contributed by atoms with Crippen LogP contribution in [-0.2, 0) is 6.54 Å². The molecule has 1 heterocycles. The van der Waals surface area contributed by atoms with Crippen LogP contribution in [0.3, 0.4) is 0 Å². The Morgan fingerprint density at radius 1 is 1.16 bits per heavy atom. The van der Waals surface area contributed by atoms with Crippen LogP contribution in [0.1, 0.15) is 48.4 Å². The second kappa shape index (κ2) is 10.1. The Hall–Kier alpha value is -2.70. The molecule has 31 heavy (non-hydrogen) atoms. The number of aromatic nitrogens is 2. The van der Waals surface area contributed by atoms with Gasteiger partial charge in [0.15, 0.2) is 0 Å². The van der Waals surface area contributed by atoms with Crippen LogP contribution in [0.15, 0.2) is 47.3 Å². The Kier molecular flexibility index (Phi) is 7.46. The zero-order chi connectivity index (χ0) is 22.5. The van der Waals surface area contributed by atoms with Gasteiger partial charge in [0.25, 0.3) is 11.5 Å². The number of carbonyl (C=O) groups is 1. The molecule has 1 amide bonds. The molecule has 3 aromatic rings. The summed E-state index contributed by atoms with van der Waals surface area (Å²) in [4.78, 5) is 31.9. The quantitative estimate of drug-likeness (QED) is 0.570. The van der Waals surface area contributed by atoms with E-state index in [1.165, 1.54) is 0 Å². The second-order valence-corrected chi connectivity index (χ2v) is 7.83. The molecule has 0 saturated heterocycles. The molecule has 6 nitrogen and oxygen atoms in total. The number of aryl methyl sites for hydroxylation is 2. The largest absolute Gasteiger partial charge is 0.350 e. The smallest absolute Gasteiger partial charge is 0.272 e. The maximum absolute atomic E-state index is 13.0. The number of nitrogens with zero attached hydrogens (tertiary/aromatic N) is 3. The van der Waals surface area contributed by atoms with E-state index in [1.807, 2.05) is 31.2 Å². The molecule has 7 heteroatoms. The summed E-state index contributed by atoms with van der Waals surface area (Å²) in [6, 6.07) is 13.0. The molecular formula is C24H29ClN4O2. The Morgan fingerprint density at radius 2 is 1.87 bits per heavy atom. The summed E-state index contributed by atoms with van der Waals surface area (Å²) in [5.74, 6) is -0.181. The Labute approximate surface area is 187 Å². The van der Waals surface area contributed by atoms with E-state index in [2.05, 4.69) is 29.0 Å². The lowest BCUT2D eigenvalue weighted by molar-refractivity contribution is 0.0935. The third-order valence-electron chi connectivity index (χ3n) is 5.66. The van der Waals surface area contributed by atoms with Crippen molar-refractivity contribution in [2.24, 2.45) is 0 Å². The maximum Gasteiger partial charge on any atom is 0.272 e. The highest BCUT2D eigenvalue weighted by Crippen LogP contribution is 2.27. The minimum absolute atomic E-state index is 0.0289.